The van der Waals surface area contributed by atoms with Crippen molar-refractivity contribution in [3.05, 3.63) is 16.4 Å². The Kier molecular flexibility index (Phi) is 3.36. The lowest BCUT2D eigenvalue weighted by atomic mass is 10.1. The molecule has 1 rings (SSSR count). The quantitative estimate of drug-likeness (QED) is 0.804. The van der Waals surface area contributed by atoms with E-state index in [1.165, 1.54) is 0 Å². The van der Waals surface area contributed by atoms with Crippen molar-refractivity contribution in [2.24, 2.45) is 12.8 Å². The summed E-state index contributed by atoms with van der Waals surface area (Å²) in [5, 5.41) is 2.11. The zero-order valence-corrected chi connectivity index (χ0v) is 8.95. The number of hydrogen-bond acceptors (Lipinski definition) is 2. The molecule has 0 saturated heterocycles. The highest BCUT2D eigenvalue weighted by Crippen LogP contribution is 2.41. The van der Waals surface area contributed by atoms with Gasteiger partial charge in [-0.3, -0.25) is 4.68 Å². The van der Waals surface area contributed by atoms with Gasteiger partial charge in [-0.2, -0.15) is 31.4 Å². The summed E-state index contributed by atoms with van der Waals surface area (Å²) >= 11 is 5.34. The Hall–Kier alpha value is -0.960. The lowest BCUT2D eigenvalue weighted by molar-refractivity contribution is -0.156. The molecular formula is C7H6ClF6N3. The van der Waals surface area contributed by atoms with Crippen molar-refractivity contribution in [3.8, 4) is 0 Å². The molecule has 0 bridgehead atoms. The van der Waals surface area contributed by atoms with Crippen molar-refractivity contribution in [2.45, 2.75) is 18.4 Å². The van der Waals surface area contributed by atoms with Gasteiger partial charge in [-0.15, -0.1) is 0 Å². The number of halogens is 7. The first-order valence-corrected chi connectivity index (χ1v) is 4.46. The van der Waals surface area contributed by atoms with Crippen LogP contribution in [0.15, 0.2) is 0 Å². The first-order valence-electron chi connectivity index (χ1n) is 4.08. The van der Waals surface area contributed by atoms with Crippen molar-refractivity contribution in [2.75, 3.05) is 0 Å². The van der Waals surface area contributed by atoms with E-state index in [2.05, 4.69) is 5.10 Å². The lowest BCUT2D eigenvalue weighted by Crippen LogP contribution is -2.30. The van der Waals surface area contributed by atoms with Crippen molar-refractivity contribution < 1.29 is 26.3 Å². The molecule has 0 radical (unpaired) electrons. The highest BCUT2D eigenvalue weighted by molar-refractivity contribution is 6.30. The fraction of sp³-hybridized carbons (Fsp3) is 0.571. The molecule has 0 fully saturated rings. The van der Waals surface area contributed by atoms with Gasteiger partial charge in [0.1, 0.15) is 11.2 Å². The van der Waals surface area contributed by atoms with Crippen LogP contribution < -0.4 is 5.73 Å². The molecule has 1 aromatic heterocycles. The van der Waals surface area contributed by atoms with E-state index < -0.39 is 34.8 Å². The molecule has 10 heteroatoms. The second kappa shape index (κ2) is 4.05. The molecule has 1 heterocycles. The van der Waals surface area contributed by atoms with Gasteiger partial charge >= 0.3 is 12.4 Å². The van der Waals surface area contributed by atoms with Crippen LogP contribution in [-0.2, 0) is 13.2 Å². The lowest BCUT2D eigenvalue weighted by Gasteiger charge is -2.16. The summed E-state index contributed by atoms with van der Waals surface area (Å²) in [7, 11) is 0.990. The Morgan fingerprint density at radius 3 is 2.06 bits per heavy atom. The van der Waals surface area contributed by atoms with Crippen LogP contribution in [0, 0.1) is 0 Å². The van der Waals surface area contributed by atoms with Crippen LogP contribution in [0.1, 0.15) is 17.3 Å². The maximum absolute atomic E-state index is 12.4. The second-order valence-corrected chi connectivity index (χ2v) is 3.55. The Balaban J connectivity index is 3.42. The Labute approximate surface area is 96.1 Å². The third-order valence-electron chi connectivity index (χ3n) is 1.94. The molecule has 1 atom stereocenters. The van der Waals surface area contributed by atoms with E-state index in [0.29, 0.717) is 4.68 Å². The maximum atomic E-state index is 12.4. The summed E-state index contributed by atoms with van der Waals surface area (Å²) in [5.41, 5.74) is 1.72. The summed E-state index contributed by atoms with van der Waals surface area (Å²) in [6.45, 7) is 0. The third-order valence-corrected chi connectivity index (χ3v) is 2.39. The minimum atomic E-state index is -5.05. The second-order valence-electron chi connectivity index (χ2n) is 3.19. The fourth-order valence-electron chi connectivity index (χ4n) is 1.17. The van der Waals surface area contributed by atoms with Crippen LogP contribution in [0.25, 0.3) is 0 Å². The van der Waals surface area contributed by atoms with E-state index in [0.717, 1.165) is 7.05 Å². The van der Waals surface area contributed by atoms with Gasteiger partial charge in [0, 0.05) is 12.6 Å². The standard InChI is InChI=1S/C7H6ClF6N3/c1-17-5(8)2(3(15)6(9,10)11)4(16-17)7(12,13)14/h3H,15H2,1H3. The zero-order valence-electron chi connectivity index (χ0n) is 8.19. The molecule has 0 aliphatic rings. The van der Waals surface area contributed by atoms with Gasteiger partial charge in [0.15, 0.2) is 5.69 Å². The topological polar surface area (TPSA) is 43.8 Å². The molecular weight excluding hydrogens is 276 g/mol. The van der Waals surface area contributed by atoms with Gasteiger partial charge in [-0.05, 0) is 0 Å². The molecule has 3 nitrogen and oxygen atoms in total. The maximum Gasteiger partial charge on any atom is 0.435 e. The summed E-state index contributed by atoms with van der Waals surface area (Å²) in [6.07, 6.45) is -10.1. The molecule has 0 aromatic carbocycles. The Morgan fingerprint density at radius 2 is 1.71 bits per heavy atom. The van der Waals surface area contributed by atoms with Gasteiger partial charge in [0.2, 0.25) is 0 Å². The first kappa shape index (κ1) is 14.1. The van der Waals surface area contributed by atoms with Crippen molar-refractivity contribution >= 4 is 11.6 Å². The molecule has 0 spiro atoms. The molecule has 1 aromatic rings. The van der Waals surface area contributed by atoms with E-state index in [9.17, 15) is 26.3 Å². The zero-order chi connectivity index (χ0) is 13.6. The van der Waals surface area contributed by atoms with Gasteiger partial charge in [-0.1, -0.05) is 11.6 Å². The summed E-state index contributed by atoms with van der Waals surface area (Å²) in [4.78, 5) is 0. The van der Waals surface area contributed by atoms with Crippen LogP contribution in [-0.4, -0.2) is 16.0 Å². The summed E-state index contributed by atoms with van der Waals surface area (Å²) < 4.78 is 74.7. The predicted octanol–water partition coefficient (Wildman–Crippen LogP) is 2.65. The van der Waals surface area contributed by atoms with Crippen LogP contribution >= 0.6 is 11.6 Å². The normalized spacial score (nSPS) is 15.1. The van der Waals surface area contributed by atoms with Crippen LogP contribution in [0.4, 0.5) is 26.3 Å². The van der Waals surface area contributed by atoms with E-state index >= 15 is 0 Å². The average molecular weight is 282 g/mol. The molecule has 1 unspecified atom stereocenters. The smallest absolute Gasteiger partial charge is 0.316 e. The first-order chi connectivity index (χ1) is 7.46. The monoisotopic (exact) mass is 281 g/mol. The van der Waals surface area contributed by atoms with E-state index in [-0.39, 0.29) is 0 Å². The number of rotatable bonds is 1. The number of aryl methyl sites for hydroxylation is 1. The van der Waals surface area contributed by atoms with Crippen LogP contribution in [0.2, 0.25) is 5.15 Å². The van der Waals surface area contributed by atoms with Crippen LogP contribution in [0.3, 0.4) is 0 Å². The SMILES string of the molecule is Cn1nc(C(F)(F)F)c(C(N)C(F)(F)F)c1Cl. The number of nitrogens with zero attached hydrogens (tertiary/aromatic N) is 2. The highest BCUT2D eigenvalue weighted by Gasteiger charge is 2.47. The van der Waals surface area contributed by atoms with Gasteiger partial charge < -0.3 is 5.73 Å². The van der Waals surface area contributed by atoms with Crippen molar-refractivity contribution in [1.82, 2.24) is 9.78 Å². The van der Waals surface area contributed by atoms with E-state index in [4.69, 9.17) is 17.3 Å². The van der Waals surface area contributed by atoms with Crippen LogP contribution in [0.5, 0.6) is 0 Å². The number of hydrogen-bond donors (Lipinski definition) is 1. The number of alkyl halides is 6. The molecule has 0 amide bonds. The minimum Gasteiger partial charge on any atom is -0.316 e. The molecule has 0 aliphatic heterocycles. The Morgan fingerprint density at radius 1 is 1.24 bits per heavy atom. The molecule has 2 N–H and O–H groups in total. The number of aromatic nitrogens is 2. The Bertz CT molecular complexity index is 420. The molecule has 98 valence electrons. The van der Waals surface area contributed by atoms with Gasteiger partial charge in [0.05, 0.1) is 0 Å². The average Bonchev–Trinajstić information content (AvgIpc) is 2.40. The number of nitrogens with two attached hydrogens (primary N) is 1. The van der Waals surface area contributed by atoms with E-state index in [1.807, 2.05) is 0 Å². The third kappa shape index (κ3) is 2.65. The van der Waals surface area contributed by atoms with E-state index in [1.54, 1.807) is 0 Å². The highest BCUT2D eigenvalue weighted by atomic mass is 35.5. The molecule has 0 aliphatic carbocycles. The summed E-state index contributed by atoms with van der Waals surface area (Å²) in [6, 6.07) is -2.83. The molecule has 17 heavy (non-hydrogen) atoms. The predicted molar refractivity (Wildman–Crippen MR) is 46.2 cm³/mol. The fourth-order valence-corrected chi connectivity index (χ4v) is 1.41. The van der Waals surface area contributed by atoms with Gasteiger partial charge in [0.25, 0.3) is 0 Å². The summed E-state index contributed by atoms with van der Waals surface area (Å²) in [5.74, 6) is 0. The van der Waals surface area contributed by atoms with Gasteiger partial charge in [-0.25, -0.2) is 0 Å². The minimum absolute atomic E-state index is 0.491. The molecule has 0 saturated carbocycles. The van der Waals surface area contributed by atoms with Crippen molar-refractivity contribution in [3.63, 3.8) is 0 Å². The largest absolute Gasteiger partial charge is 0.435 e. The van der Waals surface area contributed by atoms with Crippen molar-refractivity contribution in [1.29, 1.82) is 0 Å².